The molecule has 0 aliphatic heterocycles. The van der Waals surface area contributed by atoms with E-state index in [1.807, 2.05) is 0 Å². The maximum absolute atomic E-state index is 11.3. The molecule has 5 heteroatoms. The summed E-state index contributed by atoms with van der Waals surface area (Å²) in [5.74, 6) is -0.790. The smallest absolute Gasteiger partial charge is 0.337 e. The highest BCUT2D eigenvalue weighted by atomic mass is 79.9. The third-order valence-corrected chi connectivity index (χ3v) is 2.80. The van der Waals surface area contributed by atoms with Gasteiger partial charge < -0.3 is 9.47 Å². The van der Waals surface area contributed by atoms with Crippen LogP contribution in [-0.4, -0.2) is 26.2 Å². The SMILES string of the molecule is COC(=O)Cc1cc(C(=O)OC)ccc1Br. The molecule has 0 aromatic heterocycles. The van der Waals surface area contributed by atoms with Crippen LogP contribution in [0.15, 0.2) is 22.7 Å². The van der Waals surface area contributed by atoms with Gasteiger partial charge in [-0.2, -0.15) is 0 Å². The number of halogens is 1. The van der Waals surface area contributed by atoms with E-state index in [4.69, 9.17) is 0 Å². The lowest BCUT2D eigenvalue weighted by Gasteiger charge is -2.05. The van der Waals surface area contributed by atoms with Crippen LogP contribution in [0.5, 0.6) is 0 Å². The van der Waals surface area contributed by atoms with E-state index in [2.05, 4.69) is 25.4 Å². The highest BCUT2D eigenvalue weighted by Crippen LogP contribution is 2.19. The molecule has 0 heterocycles. The summed E-state index contributed by atoms with van der Waals surface area (Å²) in [4.78, 5) is 22.4. The Labute approximate surface area is 102 Å². The molecule has 1 rings (SSSR count). The monoisotopic (exact) mass is 286 g/mol. The summed E-state index contributed by atoms with van der Waals surface area (Å²) in [7, 11) is 2.63. The van der Waals surface area contributed by atoms with Crippen molar-refractivity contribution in [1.82, 2.24) is 0 Å². The molecule has 0 aliphatic carbocycles. The molecule has 0 saturated carbocycles. The zero-order chi connectivity index (χ0) is 12.1. The van der Waals surface area contributed by atoms with Gasteiger partial charge in [-0.15, -0.1) is 0 Å². The van der Waals surface area contributed by atoms with Gasteiger partial charge in [0.1, 0.15) is 0 Å². The summed E-state index contributed by atoms with van der Waals surface area (Å²) in [5.41, 5.74) is 1.10. The van der Waals surface area contributed by atoms with Crippen molar-refractivity contribution in [3.05, 3.63) is 33.8 Å². The van der Waals surface area contributed by atoms with E-state index < -0.39 is 5.97 Å². The Balaban J connectivity index is 2.99. The Kier molecular flexibility index (Phi) is 4.49. The van der Waals surface area contributed by atoms with Crippen molar-refractivity contribution in [2.45, 2.75) is 6.42 Å². The first-order valence-electron chi connectivity index (χ1n) is 4.52. The highest BCUT2D eigenvalue weighted by Gasteiger charge is 2.11. The average Bonchev–Trinajstić information content (AvgIpc) is 2.30. The average molecular weight is 287 g/mol. The summed E-state index contributed by atoms with van der Waals surface area (Å²) >= 11 is 3.30. The van der Waals surface area contributed by atoms with E-state index in [0.29, 0.717) is 11.1 Å². The van der Waals surface area contributed by atoms with Crippen molar-refractivity contribution in [1.29, 1.82) is 0 Å². The molecule has 0 aliphatic rings. The Morgan fingerprint density at radius 1 is 1.25 bits per heavy atom. The number of rotatable bonds is 3. The van der Waals surface area contributed by atoms with E-state index in [1.165, 1.54) is 14.2 Å². The predicted octanol–water partition coefficient (Wildman–Crippen LogP) is 1.95. The lowest BCUT2D eigenvalue weighted by molar-refractivity contribution is -0.139. The molecular formula is C11H11BrO4. The topological polar surface area (TPSA) is 52.6 Å². The number of hydrogen-bond acceptors (Lipinski definition) is 4. The van der Waals surface area contributed by atoms with Crippen molar-refractivity contribution in [2.75, 3.05) is 14.2 Å². The number of carbonyl (C=O) groups excluding carboxylic acids is 2. The minimum absolute atomic E-state index is 0.113. The first kappa shape index (κ1) is 12.7. The molecule has 0 unspecified atom stereocenters. The van der Waals surface area contributed by atoms with Crippen molar-refractivity contribution in [3.63, 3.8) is 0 Å². The van der Waals surface area contributed by atoms with Gasteiger partial charge in [0.15, 0.2) is 0 Å². The molecule has 1 aromatic rings. The second kappa shape index (κ2) is 5.65. The normalized spacial score (nSPS) is 9.69. The summed E-state index contributed by atoms with van der Waals surface area (Å²) in [6, 6.07) is 4.92. The zero-order valence-electron chi connectivity index (χ0n) is 8.95. The molecule has 0 spiro atoms. The zero-order valence-corrected chi connectivity index (χ0v) is 10.5. The Hall–Kier alpha value is -1.36. The van der Waals surface area contributed by atoms with Crippen LogP contribution in [0.25, 0.3) is 0 Å². The van der Waals surface area contributed by atoms with Crippen LogP contribution in [0, 0.1) is 0 Å². The summed E-state index contributed by atoms with van der Waals surface area (Å²) in [6.07, 6.45) is 0.113. The van der Waals surface area contributed by atoms with E-state index >= 15 is 0 Å². The lowest BCUT2D eigenvalue weighted by Crippen LogP contribution is -2.07. The number of methoxy groups -OCH3 is 2. The molecule has 0 atom stereocenters. The maximum Gasteiger partial charge on any atom is 0.337 e. The first-order chi connectivity index (χ1) is 7.58. The van der Waals surface area contributed by atoms with Gasteiger partial charge in [0.2, 0.25) is 0 Å². The third-order valence-electron chi connectivity index (χ3n) is 2.03. The van der Waals surface area contributed by atoms with Crippen LogP contribution >= 0.6 is 15.9 Å². The highest BCUT2D eigenvalue weighted by molar-refractivity contribution is 9.10. The molecule has 1 aromatic carbocycles. The van der Waals surface area contributed by atoms with Crippen LogP contribution < -0.4 is 0 Å². The molecule has 0 fully saturated rings. The van der Waals surface area contributed by atoms with Gasteiger partial charge in [-0.25, -0.2) is 4.79 Å². The standard InChI is InChI=1S/C11H11BrO4/c1-15-10(13)6-8-5-7(11(14)16-2)3-4-9(8)12/h3-5H,6H2,1-2H3. The molecule has 0 amide bonds. The van der Waals surface area contributed by atoms with E-state index in [0.717, 1.165) is 4.47 Å². The van der Waals surface area contributed by atoms with Gasteiger partial charge in [0, 0.05) is 4.47 Å². The quantitative estimate of drug-likeness (QED) is 0.797. The van der Waals surface area contributed by atoms with Crippen LogP contribution in [-0.2, 0) is 20.7 Å². The largest absolute Gasteiger partial charge is 0.469 e. The van der Waals surface area contributed by atoms with Crippen LogP contribution in [0.4, 0.5) is 0 Å². The molecule has 0 radical (unpaired) electrons. The number of ether oxygens (including phenoxy) is 2. The molecule has 4 nitrogen and oxygen atoms in total. The second-order valence-electron chi connectivity index (χ2n) is 3.05. The fourth-order valence-electron chi connectivity index (χ4n) is 1.18. The fraction of sp³-hybridized carbons (Fsp3) is 0.273. The van der Waals surface area contributed by atoms with Crippen LogP contribution in [0.2, 0.25) is 0 Å². The van der Waals surface area contributed by atoms with Gasteiger partial charge in [-0.05, 0) is 23.8 Å². The third kappa shape index (κ3) is 3.06. The van der Waals surface area contributed by atoms with E-state index in [-0.39, 0.29) is 12.4 Å². The van der Waals surface area contributed by atoms with Gasteiger partial charge in [0.25, 0.3) is 0 Å². The molecule has 16 heavy (non-hydrogen) atoms. The second-order valence-corrected chi connectivity index (χ2v) is 3.91. The Bertz CT molecular complexity index is 414. The minimum Gasteiger partial charge on any atom is -0.469 e. The van der Waals surface area contributed by atoms with Crippen molar-refractivity contribution < 1.29 is 19.1 Å². The summed E-state index contributed by atoms with van der Waals surface area (Å²) in [5, 5.41) is 0. The van der Waals surface area contributed by atoms with E-state index in [1.54, 1.807) is 18.2 Å². The Morgan fingerprint density at radius 2 is 1.94 bits per heavy atom. The van der Waals surface area contributed by atoms with Gasteiger partial charge in [0.05, 0.1) is 26.2 Å². The summed E-state index contributed by atoms with van der Waals surface area (Å²) in [6.45, 7) is 0. The molecule has 0 N–H and O–H groups in total. The summed E-state index contributed by atoms with van der Waals surface area (Å²) < 4.78 is 9.91. The molecule has 0 saturated heterocycles. The number of carbonyl (C=O) groups is 2. The number of benzene rings is 1. The van der Waals surface area contributed by atoms with Crippen molar-refractivity contribution >= 4 is 27.9 Å². The number of hydrogen-bond donors (Lipinski definition) is 0. The number of esters is 2. The maximum atomic E-state index is 11.3. The van der Waals surface area contributed by atoms with E-state index in [9.17, 15) is 9.59 Å². The van der Waals surface area contributed by atoms with Crippen molar-refractivity contribution in [3.8, 4) is 0 Å². The first-order valence-corrected chi connectivity index (χ1v) is 5.31. The van der Waals surface area contributed by atoms with Gasteiger partial charge in [-0.1, -0.05) is 15.9 Å². The molecular weight excluding hydrogens is 276 g/mol. The van der Waals surface area contributed by atoms with Crippen LogP contribution in [0.1, 0.15) is 15.9 Å². The predicted molar refractivity (Wildman–Crippen MR) is 61.2 cm³/mol. The minimum atomic E-state index is -0.432. The Morgan fingerprint density at radius 3 is 2.50 bits per heavy atom. The van der Waals surface area contributed by atoms with Gasteiger partial charge in [-0.3, -0.25) is 4.79 Å². The molecule has 0 bridgehead atoms. The van der Waals surface area contributed by atoms with Gasteiger partial charge >= 0.3 is 11.9 Å². The fourth-order valence-corrected chi connectivity index (χ4v) is 1.57. The van der Waals surface area contributed by atoms with Crippen LogP contribution in [0.3, 0.4) is 0 Å². The van der Waals surface area contributed by atoms with Crippen molar-refractivity contribution in [2.24, 2.45) is 0 Å². The lowest BCUT2D eigenvalue weighted by atomic mass is 10.1. The molecule has 86 valence electrons.